The minimum absolute atomic E-state index is 0.00294. The van der Waals surface area contributed by atoms with Crippen molar-refractivity contribution in [2.75, 3.05) is 11.5 Å². The minimum Gasteiger partial charge on any atom is -0.398 e. The van der Waals surface area contributed by atoms with E-state index in [-0.39, 0.29) is 34.2 Å². The van der Waals surface area contributed by atoms with Gasteiger partial charge in [0.2, 0.25) is 10.0 Å². The van der Waals surface area contributed by atoms with Gasteiger partial charge in [0.15, 0.2) is 0 Å². The highest BCUT2D eigenvalue weighted by molar-refractivity contribution is 7.90. The molecule has 2 aromatic carbocycles. The van der Waals surface area contributed by atoms with Crippen LogP contribution in [0.2, 0.25) is 10.0 Å². The van der Waals surface area contributed by atoms with Crippen molar-refractivity contribution >= 4 is 71.6 Å². The van der Waals surface area contributed by atoms with Crippen molar-refractivity contribution in [2.45, 2.75) is 16.3 Å². The number of carbonyl (C=O) groups excluding carboxylic acids is 1. The van der Waals surface area contributed by atoms with E-state index in [4.69, 9.17) is 39.8 Å². The van der Waals surface area contributed by atoms with E-state index in [1.54, 1.807) is 24.3 Å². The molecule has 0 atom stereocenters. The molecule has 1 amide bonds. The minimum atomic E-state index is -4.85. The zero-order valence-corrected chi connectivity index (χ0v) is 24.9. The van der Waals surface area contributed by atoms with Crippen LogP contribution in [0.5, 0.6) is 0 Å². The topological polar surface area (TPSA) is 226 Å². The molecule has 0 aliphatic carbocycles. The molecule has 0 bridgehead atoms. The van der Waals surface area contributed by atoms with Gasteiger partial charge in [0.1, 0.15) is 21.3 Å². The van der Waals surface area contributed by atoms with E-state index < -0.39 is 52.0 Å². The first-order valence-electron chi connectivity index (χ1n) is 12.1. The van der Waals surface area contributed by atoms with Gasteiger partial charge >= 0.3 is 0 Å². The van der Waals surface area contributed by atoms with Crippen LogP contribution in [0.3, 0.4) is 0 Å². The van der Waals surface area contributed by atoms with Gasteiger partial charge in [-0.15, -0.1) is 0 Å². The molecule has 0 saturated carbocycles. The van der Waals surface area contributed by atoms with Crippen LogP contribution in [0.4, 0.5) is 11.5 Å². The average Bonchev–Trinajstić information content (AvgIpc) is 3.20. The number of aromatic amines is 1. The van der Waals surface area contributed by atoms with Gasteiger partial charge in [-0.3, -0.25) is 9.59 Å². The molecule has 0 unspecified atom stereocenters. The number of sulfonamides is 2. The van der Waals surface area contributed by atoms with Crippen LogP contribution in [0.1, 0.15) is 16.1 Å². The summed E-state index contributed by atoms with van der Waals surface area (Å²) in [6, 6.07) is 12.5. The summed E-state index contributed by atoms with van der Waals surface area (Å²) < 4.78 is 54.5. The number of nitrogens with two attached hydrogens (primary N) is 3. The molecule has 3 aromatic heterocycles. The van der Waals surface area contributed by atoms with E-state index >= 15 is 0 Å². The summed E-state index contributed by atoms with van der Waals surface area (Å²) in [5.74, 6) is -0.965. The van der Waals surface area contributed by atoms with Crippen LogP contribution in [-0.4, -0.2) is 37.3 Å². The Labute approximate surface area is 254 Å². The number of anilines is 2. The predicted octanol–water partition coefficient (Wildman–Crippen LogP) is 2.68. The number of carbonyl (C=O) groups is 1. The van der Waals surface area contributed by atoms with Crippen LogP contribution < -0.4 is 26.9 Å². The zero-order chi connectivity index (χ0) is 31.3. The molecule has 0 spiro atoms. The van der Waals surface area contributed by atoms with E-state index in [0.717, 1.165) is 6.07 Å². The van der Waals surface area contributed by atoms with Crippen LogP contribution in [0.15, 0.2) is 81.6 Å². The van der Waals surface area contributed by atoms with Crippen molar-refractivity contribution in [3.63, 3.8) is 0 Å². The molecular weight excluding hydrogens is 641 g/mol. The van der Waals surface area contributed by atoms with Crippen LogP contribution in [-0.2, 0) is 26.6 Å². The number of rotatable bonds is 7. The summed E-state index contributed by atoms with van der Waals surface area (Å²) in [5, 5.41) is 5.42. The smallest absolute Gasteiger partial charge is 0.282 e. The van der Waals surface area contributed by atoms with Crippen LogP contribution in [0, 0.1) is 0 Å². The number of benzene rings is 2. The van der Waals surface area contributed by atoms with E-state index in [9.17, 15) is 26.4 Å². The van der Waals surface area contributed by atoms with Crippen molar-refractivity contribution in [1.82, 2.24) is 19.3 Å². The number of nitrogens with one attached hydrogen (secondary N) is 2. The highest BCUT2D eigenvalue weighted by Crippen LogP contribution is 2.36. The lowest BCUT2D eigenvalue weighted by atomic mass is 10.0. The third-order valence-corrected chi connectivity index (χ3v) is 9.40. The van der Waals surface area contributed by atoms with Crippen LogP contribution >= 0.6 is 23.2 Å². The van der Waals surface area contributed by atoms with Crippen molar-refractivity contribution in [3.8, 4) is 11.1 Å². The highest BCUT2D eigenvalue weighted by atomic mass is 35.5. The lowest BCUT2D eigenvalue weighted by Crippen LogP contribution is -2.33. The maximum absolute atomic E-state index is 14.0. The quantitative estimate of drug-likeness (QED) is 0.161. The molecule has 0 saturated heterocycles. The Morgan fingerprint density at radius 1 is 1.00 bits per heavy atom. The van der Waals surface area contributed by atoms with Gasteiger partial charge in [-0.05, 0) is 60.2 Å². The molecule has 43 heavy (non-hydrogen) atoms. The monoisotopic (exact) mass is 661 g/mol. The zero-order valence-electron chi connectivity index (χ0n) is 21.7. The Bertz CT molecular complexity index is 2230. The average molecular weight is 663 g/mol. The lowest BCUT2D eigenvalue weighted by molar-refractivity contribution is 0.0974. The first kappa shape index (κ1) is 30.1. The van der Waals surface area contributed by atoms with Crippen molar-refractivity contribution < 1.29 is 21.6 Å². The van der Waals surface area contributed by atoms with Crippen molar-refractivity contribution in [3.05, 3.63) is 98.6 Å². The molecule has 5 aromatic rings. The molecule has 13 nitrogen and oxygen atoms in total. The number of primary sulfonamides is 1. The molecule has 0 aliphatic heterocycles. The fourth-order valence-corrected chi connectivity index (χ4v) is 7.07. The van der Waals surface area contributed by atoms with Gasteiger partial charge in [-0.1, -0.05) is 23.2 Å². The normalized spacial score (nSPS) is 12.0. The number of hydrogen-bond donors (Lipinski definition) is 5. The molecule has 17 heteroatoms. The maximum Gasteiger partial charge on any atom is 0.282 e. The molecule has 8 N–H and O–H groups in total. The molecule has 0 aliphatic rings. The SMILES string of the molecule is Nc1cc(Cn2c(C(=O)NS(=O)(=O)c3cc(S(N)(=O)=O)c(Cl)cc3N)c(-c3ccc[nH]c3=O)c3cc(Cl)ccc32)ccn1. The number of hydrogen-bond acceptors (Lipinski definition) is 9. The van der Waals surface area contributed by atoms with Gasteiger partial charge in [0.05, 0.1) is 10.7 Å². The Morgan fingerprint density at radius 2 is 1.74 bits per heavy atom. The fourth-order valence-electron chi connectivity index (χ4n) is 4.62. The second kappa shape index (κ2) is 11.0. The van der Waals surface area contributed by atoms with Gasteiger partial charge in [0, 0.05) is 46.0 Å². The molecule has 3 heterocycles. The summed E-state index contributed by atoms with van der Waals surface area (Å²) >= 11 is 12.2. The summed E-state index contributed by atoms with van der Waals surface area (Å²) in [6.07, 6.45) is 2.86. The number of nitrogen functional groups attached to an aromatic ring is 2. The number of fused-ring (bicyclic) bond motifs is 1. The number of pyridine rings is 2. The molecular formula is C26H21Cl2N7O6S2. The highest BCUT2D eigenvalue weighted by Gasteiger charge is 2.31. The second-order valence-electron chi connectivity index (χ2n) is 9.27. The Hall–Kier alpha value is -4.41. The summed E-state index contributed by atoms with van der Waals surface area (Å²) in [6.45, 7) is -0.00294. The lowest BCUT2D eigenvalue weighted by Gasteiger charge is -2.15. The van der Waals surface area contributed by atoms with Gasteiger partial charge < -0.3 is 21.0 Å². The largest absolute Gasteiger partial charge is 0.398 e. The molecule has 0 radical (unpaired) electrons. The first-order valence-corrected chi connectivity index (χ1v) is 15.8. The van der Waals surface area contributed by atoms with E-state index in [1.807, 2.05) is 4.72 Å². The third-order valence-electron chi connectivity index (χ3n) is 6.40. The predicted molar refractivity (Wildman–Crippen MR) is 163 cm³/mol. The summed E-state index contributed by atoms with van der Waals surface area (Å²) in [4.78, 5) is 32.0. The fraction of sp³-hybridized carbons (Fsp3) is 0.0385. The van der Waals surface area contributed by atoms with Gasteiger partial charge in [0.25, 0.3) is 21.5 Å². The number of halogens is 2. The molecule has 0 fully saturated rings. The second-order valence-corrected chi connectivity index (χ2v) is 13.3. The van der Waals surface area contributed by atoms with E-state index in [0.29, 0.717) is 22.5 Å². The third kappa shape index (κ3) is 5.80. The van der Waals surface area contributed by atoms with E-state index in [1.165, 1.54) is 35.2 Å². The standard InChI is InChI=1S/C26H21Cl2N7O6S2/c27-14-3-4-19-16(9-14)23(15-2-1-6-33-25(15)36)24(35(19)12-13-5-7-32-22(30)8-13)26(37)34-43(40,41)21-11-20(42(31,38)39)17(28)10-18(21)29/h1-11H,12,29H2,(H2,30,32)(H,33,36)(H,34,37)(H2,31,38,39). The number of aromatic nitrogens is 3. The first-order chi connectivity index (χ1) is 20.2. The Morgan fingerprint density at radius 3 is 2.42 bits per heavy atom. The van der Waals surface area contributed by atoms with Gasteiger partial charge in [-0.2, -0.15) is 0 Å². The van der Waals surface area contributed by atoms with E-state index in [2.05, 4.69) is 9.97 Å². The number of H-pyrrole nitrogens is 1. The summed E-state index contributed by atoms with van der Waals surface area (Å²) in [7, 11) is -9.31. The Balaban J connectivity index is 1.76. The summed E-state index contributed by atoms with van der Waals surface area (Å²) in [5.41, 5.74) is 11.7. The molecule has 5 rings (SSSR count). The number of nitrogens with zero attached hydrogens (tertiary/aromatic N) is 2. The Kier molecular flexibility index (Phi) is 7.70. The van der Waals surface area contributed by atoms with Crippen LogP contribution in [0.25, 0.3) is 22.0 Å². The van der Waals surface area contributed by atoms with Crippen molar-refractivity contribution in [2.24, 2.45) is 5.14 Å². The van der Waals surface area contributed by atoms with Crippen molar-refractivity contribution in [1.29, 1.82) is 0 Å². The molecule has 222 valence electrons. The number of amides is 1. The maximum atomic E-state index is 14.0. The van der Waals surface area contributed by atoms with Gasteiger partial charge in [-0.25, -0.2) is 31.7 Å².